The number of fused-ring (bicyclic) bond motifs is 1. The van der Waals surface area contributed by atoms with E-state index in [1.54, 1.807) is 6.07 Å². The third-order valence-electron chi connectivity index (χ3n) is 4.45. The van der Waals surface area contributed by atoms with Gasteiger partial charge in [-0.05, 0) is 47.9 Å². The van der Waals surface area contributed by atoms with Crippen molar-refractivity contribution in [2.24, 2.45) is 0 Å². The van der Waals surface area contributed by atoms with Gasteiger partial charge in [0.2, 0.25) is 10.0 Å². The van der Waals surface area contributed by atoms with E-state index >= 15 is 0 Å². The zero-order valence-corrected chi connectivity index (χ0v) is 15.7. The number of likely N-dealkylation sites (N-methyl/N-ethyl adjacent to an activating group) is 1. The van der Waals surface area contributed by atoms with Crippen LogP contribution in [0.4, 0.5) is 18.9 Å². The van der Waals surface area contributed by atoms with Gasteiger partial charge in [0.1, 0.15) is 5.75 Å². The molecular formula is C18H19F3N2O4S. The molecule has 3 rings (SSSR count). The van der Waals surface area contributed by atoms with Crippen molar-refractivity contribution in [1.29, 1.82) is 0 Å². The van der Waals surface area contributed by atoms with Crippen molar-refractivity contribution in [3.63, 3.8) is 0 Å². The molecule has 2 aromatic rings. The Labute approximate surface area is 160 Å². The van der Waals surface area contributed by atoms with Crippen LogP contribution in [0, 0.1) is 0 Å². The Morgan fingerprint density at radius 3 is 2.54 bits per heavy atom. The molecule has 1 heterocycles. The Hall–Kier alpha value is -2.30. The van der Waals surface area contributed by atoms with Crippen molar-refractivity contribution >= 4 is 15.7 Å². The summed E-state index contributed by atoms with van der Waals surface area (Å²) in [6.45, 7) is 0.618. The van der Waals surface area contributed by atoms with Crippen LogP contribution in [0.3, 0.4) is 0 Å². The van der Waals surface area contributed by atoms with Gasteiger partial charge in [-0.1, -0.05) is 12.1 Å². The van der Waals surface area contributed by atoms with Crippen LogP contribution in [-0.4, -0.2) is 40.0 Å². The van der Waals surface area contributed by atoms with Gasteiger partial charge in [0.05, 0.1) is 11.0 Å². The molecule has 0 radical (unpaired) electrons. The number of ether oxygens (including phenoxy) is 1. The van der Waals surface area contributed by atoms with Gasteiger partial charge in [0.25, 0.3) is 0 Å². The van der Waals surface area contributed by atoms with Crippen LogP contribution in [0.2, 0.25) is 0 Å². The van der Waals surface area contributed by atoms with Gasteiger partial charge in [-0.2, -0.15) is 0 Å². The second-order valence-electron chi connectivity index (χ2n) is 6.45. The first-order chi connectivity index (χ1) is 13.0. The summed E-state index contributed by atoms with van der Waals surface area (Å²) in [6.07, 6.45) is -5.06. The van der Waals surface area contributed by atoms with Crippen LogP contribution in [-0.2, 0) is 16.4 Å². The van der Waals surface area contributed by atoms with Crippen molar-refractivity contribution in [2.75, 3.05) is 25.0 Å². The number of hydrogen-bond donors (Lipinski definition) is 2. The summed E-state index contributed by atoms with van der Waals surface area (Å²) in [5.74, 6) is -0.519. The van der Waals surface area contributed by atoms with E-state index in [1.807, 2.05) is 19.2 Å². The highest BCUT2D eigenvalue weighted by atomic mass is 32.2. The van der Waals surface area contributed by atoms with E-state index in [2.05, 4.69) is 14.4 Å². The van der Waals surface area contributed by atoms with E-state index in [-0.39, 0.29) is 11.4 Å². The third kappa shape index (κ3) is 4.75. The molecule has 2 aromatic carbocycles. The topological polar surface area (TPSA) is 78.9 Å². The minimum Gasteiger partial charge on any atom is -0.406 e. The Balaban J connectivity index is 1.64. The van der Waals surface area contributed by atoms with E-state index in [1.165, 1.54) is 0 Å². The van der Waals surface area contributed by atoms with Crippen LogP contribution >= 0.6 is 0 Å². The predicted molar refractivity (Wildman–Crippen MR) is 96.7 cm³/mol. The van der Waals surface area contributed by atoms with E-state index in [4.69, 9.17) is 0 Å². The first kappa shape index (κ1) is 20.4. The van der Waals surface area contributed by atoms with Gasteiger partial charge >= 0.3 is 6.36 Å². The Morgan fingerprint density at radius 1 is 1.21 bits per heavy atom. The van der Waals surface area contributed by atoms with E-state index in [0.29, 0.717) is 5.56 Å². The number of anilines is 1. The highest BCUT2D eigenvalue weighted by Gasteiger charge is 2.31. The molecule has 0 fully saturated rings. The van der Waals surface area contributed by atoms with Crippen molar-refractivity contribution in [2.45, 2.75) is 23.8 Å². The summed E-state index contributed by atoms with van der Waals surface area (Å²) in [7, 11) is -2.03. The summed E-state index contributed by atoms with van der Waals surface area (Å²) in [6, 6.07) is 9.30. The average molecular weight is 416 g/mol. The lowest BCUT2D eigenvalue weighted by atomic mass is 10.0. The smallest absolute Gasteiger partial charge is 0.406 e. The van der Waals surface area contributed by atoms with Gasteiger partial charge in [-0.3, -0.25) is 0 Å². The molecular weight excluding hydrogens is 397 g/mol. The Bertz CT molecular complexity index is 946. The fraction of sp³-hybridized carbons (Fsp3) is 0.333. The Morgan fingerprint density at radius 2 is 1.89 bits per heavy atom. The van der Waals surface area contributed by atoms with Crippen LogP contribution < -0.4 is 14.4 Å². The molecule has 10 heteroatoms. The summed E-state index contributed by atoms with van der Waals surface area (Å²) < 4.78 is 67.1. The summed E-state index contributed by atoms with van der Waals surface area (Å²) in [5.41, 5.74) is 2.76. The second kappa shape index (κ2) is 7.61. The quantitative estimate of drug-likeness (QED) is 0.757. The van der Waals surface area contributed by atoms with Crippen LogP contribution in [0.15, 0.2) is 47.4 Å². The number of rotatable bonds is 6. The largest absolute Gasteiger partial charge is 0.573 e. The number of sulfonamides is 1. The van der Waals surface area contributed by atoms with Gasteiger partial charge < -0.3 is 14.7 Å². The molecule has 1 aliphatic heterocycles. The number of benzene rings is 2. The first-order valence-corrected chi connectivity index (χ1v) is 9.91. The number of halogens is 3. The van der Waals surface area contributed by atoms with Gasteiger partial charge in [-0.15, -0.1) is 13.2 Å². The summed E-state index contributed by atoms with van der Waals surface area (Å²) in [4.78, 5) is 1.87. The first-order valence-electron chi connectivity index (χ1n) is 8.43. The summed E-state index contributed by atoms with van der Waals surface area (Å²) in [5, 5.41) is 10.3. The highest BCUT2D eigenvalue weighted by molar-refractivity contribution is 7.89. The molecule has 0 bridgehead atoms. The van der Waals surface area contributed by atoms with Crippen molar-refractivity contribution in [1.82, 2.24) is 4.72 Å². The van der Waals surface area contributed by atoms with E-state index in [0.717, 1.165) is 48.5 Å². The fourth-order valence-electron chi connectivity index (χ4n) is 3.00. The molecule has 2 N–H and O–H groups in total. The van der Waals surface area contributed by atoms with Gasteiger partial charge in [0, 0.05) is 25.8 Å². The SMILES string of the molecule is CN1CCc2cc(C(O)CNS(=O)(=O)c3ccc(OC(F)(F)F)cc3)ccc21. The number of nitrogens with one attached hydrogen (secondary N) is 1. The van der Waals surface area contributed by atoms with Crippen molar-refractivity contribution in [3.05, 3.63) is 53.6 Å². The van der Waals surface area contributed by atoms with Crippen LogP contribution in [0.5, 0.6) is 5.75 Å². The Kier molecular flexibility index (Phi) is 5.55. The molecule has 0 aromatic heterocycles. The normalized spacial score (nSPS) is 15.4. The monoisotopic (exact) mass is 416 g/mol. The molecule has 28 heavy (non-hydrogen) atoms. The highest BCUT2D eigenvalue weighted by Crippen LogP contribution is 2.29. The number of nitrogens with zero attached hydrogens (tertiary/aromatic N) is 1. The predicted octanol–water partition coefficient (Wildman–Crippen LogP) is 2.59. The lowest BCUT2D eigenvalue weighted by molar-refractivity contribution is -0.274. The van der Waals surface area contributed by atoms with Crippen molar-refractivity contribution < 1.29 is 31.4 Å². The fourth-order valence-corrected chi connectivity index (χ4v) is 4.04. The molecule has 152 valence electrons. The molecule has 1 atom stereocenters. The maximum atomic E-state index is 12.3. The number of alkyl halides is 3. The molecule has 0 aliphatic carbocycles. The molecule has 6 nitrogen and oxygen atoms in total. The third-order valence-corrected chi connectivity index (χ3v) is 5.89. The van der Waals surface area contributed by atoms with Gasteiger partial charge in [-0.25, -0.2) is 13.1 Å². The maximum absolute atomic E-state index is 12.3. The molecule has 0 spiro atoms. The standard InChI is InChI=1S/C18H19F3N2O4S/c1-23-9-8-12-10-13(2-7-16(12)23)17(24)11-22-28(25,26)15-5-3-14(4-6-15)27-18(19,20)21/h2-7,10,17,22,24H,8-9,11H2,1H3. The van der Waals surface area contributed by atoms with Crippen LogP contribution in [0.25, 0.3) is 0 Å². The molecule has 0 saturated heterocycles. The van der Waals surface area contributed by atoms with E-state index < -0.39 is 28.2 Å². The second-order valence-corrected chi connectivity index (χ2v) is 8.21. The summed E-state index contributed by atoms with van der Waals surface area (Å²) >= 11 is 0. The average Bonchev–Trinajstić information content (AvgIpc) is 2.99. The van der Waals surface area contributed by atoms with Crippen molar-refractivity contribution in [3.8, 4) is 5.75 Å². The number of aliphatic hydroxyl groups excluding tert-OH is 1. The zero-order chi connectivity index (χ0) is 20.5. The number of aliphatic hydroxyl groups is 1. The minimum atomic E-state index is -4.85. The van der Waals surface area contributed by atoms with Gasteiger partial charge in [0.15, 0.2) is 0 Å². The lowest BCUT2D eigenvalue weighted by Crippen LogP contribution is -2.28. The maximum Gasteiger partial charge on any atom is 0.573 e. The molecule has 0 amide bonds. The van der Waals surface area contributed by atoms with Crippen LogP contribution in [0.1, 0.15) is 17.2 Å². The van der Waals surface area contributed by atoms with E-state index in [9.17, 15) is 26.7 Å². The number of hydrogen-bond acceptors (Lipinski definition) is 5. The minimum absolute atomic E-state index is 0.232. The zero-order valence-electron chi connectivity index (χ0n) is 14.9. The molecule has 1 unspecified atom stereocenters. The molecule has 1 aliphatic rings. The molecule has 0 saturated carbocycles. The lowest BCUT2D eigenvalue weighted by Gasteiger charge is -2.16.